The molecule has 0 aliphatic carbocycles. The summed E-state index contributed by atoms with van der Waals surface area (Å²) in [4.78, 5) is 6.71. The van der Waals surface area contributed by atoms with Crippen LogP contribution in [0.2, 0.25) is 0 Å². The summed E-state index contributed by atoms with van der Waals surface area (Å²) in [5.74, 6) is 0. The molecule has 2 aromatic rings. The lowest BCUT2D eigenvalue weighted by Crippen LogP contribution is -2.27. The molecule has 0 aliphatic rings. The predicted octanol–water partition coefficient (Wildman–Crippen LogP) is 3.12. The average molecular weight is 255 g/mol. The minimum absolute atomic E-state index is 0.844. The summed E-state index contributed by atoms with van der Waals surface area (Å²) in [5.41, 5.74) is 9.16. The fourth-order valence-corrected chi connectivity index (χ4v) is 2.19. The molecule has 2 N–H and O–H groups in total. The van der Waals surface area contributed by atoms with Crippen molar-refractivity contribution >= 4 is 11.4 Å². The van der Waals surface area contributed by atoms with Crippen LogP contribution in [0, 0.1) is 0 Å². The van der Waals surface area contributed by atoms with Gasteiger partial charge in [0.05, 0.1) is 11.4 Å². The van der Waals surface area contributed by atoms with Crippen molar-refractivity contribution in [2.45, 2.75) is 19.8 Å². The maximum Gasteiger partial charge on any atom is 0.0600 e. The second-order valence-corrected chi connectivity index (χ2v) is 4.62. The van der Waals surface area contributed by atoms with Crippen LogP contribution in [0.25, 0.3) is 0 Å². The van der Waals surface area contributed by atoms with E-state index in [9.17, 15) is 0 Å². The fourth-order valence-electron chi connectivity index (χ4n) is 2.19. The molecule has 1 aromatic heterocycles. The van der Waals surface area contributed by atoms with Crippen molar-refractivity contribution in [3.8, 4) is 0 Å². The largest absolute Gasteiger partial charge is 0.397 e. The van der Waals surface area contributed by atoms with Gasteiger partial charge in [-0.25, -0.2) is 0 Å². The molecule has 1 aromatic carbocycles. The minimum atomic E-state index is 0.844. The third kappa shape index (κ3) is 3.71. The molecule has 3 nitrogen and oxygen atoms in total. The van der Waals surface area contributed by atoms with E-state index in [2.05, 4.69) is 28.9 Å². The summed E-state index contributed by atoms with van der Waals surface area (Å²) < 4.78 is 0. The minimum Gasteiger partial charge on any atom is -0.397 e. The van der Waals surface area contributed by atoms with Crippen LogP contribution in [0.5, 0.6) is 0 Å². The Bertz CT molecular complexity index is 496. The Morgan fingerprint density at radius 3 is 2.53 bits per heavy atom. The van der Waals surface area contributed by atoms with Gasteiger partial charge >= 0.3 is 0 Å². The van der Waals surface area contributed by atoms with E-state index in [0.29, 0.717) is 0 Å². The van der Waals surface area contributed by atoms with Gasteiger partial charge in [-0.2, -0.15) is 0 Å². The van der Waals surface area contributed by atoms with Gasteiger partial charge in [-0.15, -0.1) is 0 Å². The number of anilines is 2. The van der Waals surface area contributed by atoms with Crippen molar-refractivity contribution < 1.29 is 0 Å². The highest BCUT2D eigenvalue weighted by Gasteiger charge is 2.08. The lowest BCUT2D eigenvalue weighted by atomic mass is 10.2. The smallest absolute Gasteiger partial charge is 0.0600 e. The van der Waals surface area contributed by atoms with E-state index >= 15 is 0 Å². The standard InChI is InChI=1S/C16H21N3/c1-2-12-19(16-9-4-3-8-15(16)17)13-10-14-7-5-6-11-18-14/h3-9,11H,2,10,12-13,17H2,1H3. The predicted molar refractivity (Wildman–Crippen MR) is 81.3 cm³/mol. The summed E-state index contributed by atoms with van der Waals surface area (Å²) in [6, 6.07) is 14.1. The van der Waals surface area contributed by atoms with E-state index in [-0.39, 0.29) is 0 Å². The van der Waals surface area contributed by atoms with Crippen LogP contribution in [-0.4, -0.2) is 18.1 Å². The van der Waals surface area contributed by atoms with Crippen LogP contribution in [0.15, 0.2) is 48.7 Å². The van der Waals surface area contributed by atoms with Crippen LogP contribution < -0.4 is 10.6 Å². The van der Waals surface area contributed by atoms with Crippen LogP contribution in [0.3, 0.4) is 0 Å². The third-order valence-corrected chi connectivity index (χ3v) is 3.13. The Hall–Kier alpha value is -2.03. The number of pyridine rings is 1. The summed E-state index contributed by atoms with van der Waals surface area (Å²) >= 11 is 0. The molecule has 0 spiro atoms. The molecule has 0 fully saturated rings. The van der Waals surface area contributed by atoms with Crippen LogP contribution >= 0.6 is 0 Å². The molecule has 0 radical (unpaired) electrons. The highest BCUT2D eigenvalue weighted by atomic mass is 15.1. The molecule has 0 atom stereocenters. The molecule has 2 rings (SSSR count). The maximum absolute atomic E-state index is 6.06. The molecule has 0 aliphatic heterocycles. The first-order valence-corrected chi connectivity index (χ1v) is 6.80. The van der Waals surface area contributed by atoms with Gasteiger partial charge in [0.1, 0.15) is 0 Å². The number of nitrogen functional groups attached to an aromatic ring is 1. The first-order chi connectivity index (χ1) is 9.31. The zero-order valence-electron chi connectivity index (χ0n) is 11.4. The molecular formula is C16H21N3. The van der Waals surface area contributed by atoms with Crippen LogP contribution in [0.4, 0.5) is 11.4 Å². The Kier molecular flexibility index (Phi) is 4.78. The van der Waals surface area contributed by atoms with Crippen molar-refractivity contribution in [3.63, 3.8) is 0 Å². The van der Waals surface area contributed by atoms with Gasteiger partial charge in [0, 0.05) is 31.4 Å². The van der Waals surface area contributed by atoms with Crippen molar-refractivity contribution in [3.05, 3.63) is 54.4 Å². The zero-order valence-corrected chi connectivity index (χ0v) is 11.4. The normalized spacial score (nSPS) is 10.4. The molecular weight excluding hydrogens is 234 g/mol. The van der Waals surface area contributed by atoms with Crippen molar-refractivity contribution in [2.24, 2.45) is 0 Å². The molecule has 3 heteroatoms. The molecule has 0 unspecified atom stereocenters. The first kappa shape index (κ1) is 13.4. The van der Waals surface area contributed by atoms with Crippen molar-refractivity contribution in [2.75, 3.05) is 23.7 Å². The molecule has 0 saturated heterocycles. The summed E-state index contributed by atoms with van der Waals surface area (Å²) in [6.45, 7) is 4.15. The SMILES string of the molecule is CCCN(CCc1ccccn1)c1ccccc1N. The molecule has 0 saturated carbocycles. The number of aromatic nitrogens is 1. The van der Waals surface area contributed by atoms with Gasteiger partial charge in [-0.1, -0.05) is 25.1 Å². The second kappa shape index (κ2) is 6.78. The first-order valence-electron chi connectivity index (χ1n) is 6.80. The quantitative estimate of drug-likeness (QED) is 0.806. The van der Waals surface area contributed by atoms with E-state index in [1.54, 1.807) is 0 Å². The molecule has 0 bridgehead atoms. The van der Waals surface area contributed by atoms with Gasteiger partial charge in [0.2, 0.25) is 0 Å². The summed E-state index contributed by atoms with van der Waals surface area (Å²) in [5, 5.41) is 0. The Morgan fingerprint density at radius 2 is 1.84 bits per heavy atom. The van der Waals surface area contributed by atoms with Gasteiger partial charge in [0.25, 0.3) is 0 Å². The number of hydrogen-bond acceptors (Lipinski definition) is 3. The topological polar surface area (TPSA) is 42.2 Å². The second-order valence-electron chi connectivity index (χ2n) is 4.62. The average Bonchev–Trinajstić information content (AvgIpc) is 2.45. The number of nitrogens with zero attached hydrogens (tertiary/aromatic N) is 2. The third-order valence-electron chi connectivity index (χ3n) is 3.13. The highest BCUT2D eigenvalue weighted by molar-refractivity contribution is 5.67. The maximum atomic E-state index is 6.06. The monoisotopic (exact) mass is 255 g/mol. The van der Waals surface area contributed by atoms with Crippen molar-refractivity contribution in [1.82, 2.24) is 4.98 Å². The number of para-hydroxylation sites is 2. The van der Waals surface area contributed by atoms with E-state index in [4.69, 9.17) is 5.73 Å². The summed E-state index contributed by atoms with van der Waals surface area (Å²) in [7, 11) is 0. The lowest BCUT2D eigenvalue weighted by Gasteiger charge is -2.25. The lowest BCUT2D eigenvalue weighted by molar-refractivity contribution is 0.749. The van der Waals surface area contributed by atoms with Gasteiger partial charge in [-0.3, -0.25) is 4.98 Å². The van der Waals surface area contributed by atoms with E-state index < -0.39 is 0 Å². The van der Waals surface area contributed by atoms with E-state index in [1.807, 2.05) is 36.5 Å². The number of hydrogen-bond donors (Lipinski definition) is 1. The van der Waals surface area contributed by atoms with Gasteiger partial charge in [-0.05, 0) is 30.7 Å². The van der Waals surface area contributed by atoms with Gasteiger partial charge < -0.3 is 10.6 Å². The Labute approximate surface area is 115 Å². The zero-order chi connectivity index (χ0) is 13.5. The van der Waals surface area contributed by atoms with Crippen LogP contribution in [-0.2, 0) is 6.42 Å². The Balaban J connectivity index is 2.07. The van der Waals surface area contributed by atoms with Gasteiger partial charge in [0.15, 0.2) is 0 Å². The molecule has 0 amide bonds. The number of rotatable bonds is 6. The highest BCUT2D eigenvalue weighted by Crippen LogP contribution is 2.22. The van der Waals surface area contributed by atoms with Crippen LogP contribution in [0.1, 0.15) is 19.0 Å². The number of nitrogens with two attached hydrogens (primary N) is 1. The fraction of sp³-hybridized carbons (Fsp3) is 0.312. The number of benzene rings is 1. The van der Waals surface area contributed by atoms with Crippen molar-refractivity contribution in [1.29, 1.82) is 0 Å². The van der Waals surface area contributed by atoms with E-state index in [1.165, 1.54) is 0 Å². The molecule has 1 heterocycles. The Morgan fingerprint density at radius 1 is 1.05 bits per heavy atom. The van der Waals surface area contributed by atoms with E-state index in [0.717, 1.165) is 43.0 Å². The summed E-state index contributed by atoms with van der Waals surface area (Å²) in [6.07, 6.45) is 3.89. The molecule has 100 valence electrons. The molecule has 19 heavy (non-hydrogen) atoms.